The van der Waals surface area contributed by atoms with E-state index in [4.69, 9.17) is 16.3 Å². The van der Waals surface area contributed by atoms with Crippen LogP contribution in [0.4, 0.5) is 4.39 Å². The number of benzene rings is 2. The molecule has 1 aliphatic heterocycles. The van der Waals surface area contributed by atoms with Crippen molar-refractivity contribution in [2.45, 2.75) is 12.6 Å². The van der Waals surface area contributed by atoms with Gasteiger partial charge in [-0.2, -0.15) is 0 Å². The van der Waals surface area contributed by atoms with Crippen LogP contribution in [-0.2, 0) is 6.54 Å². The molecule has 1 N–H and O–H groups in total. The summed E-state index contributed by atoms with van der Waals surface area (Å²) in [7, 11) is 0. The monoisotopic (exact) mass is 378 g/mol. The lowest BCUT2D eigenvalue weighted by Crippen LogP contribution is -2.48. The summed E-state index contributed by atoms with van der Waals surface area (Å²) in [5, 5.41) is 10.9. The molecule has 1 aliphatic rings. The quantitative estimate of drug-likeness (QED) is 0.803. The Morgan fingerprint density at radius 1 is 1.04 bits per heavy atom. The molecule has 0 spiro atoms. The second kappa shape index (κ2) is 9.33. The highest BCUT2D eigenvalue weighted by atomic mass is 35.5. The van der Waals surface area contributed by atoms with Gasteiger partial charge in [0.1, 0.15) is 24.3 Å². The maximum absolute atomic E-state index is 13.3. The van der Waals surface area contributed by atoms with E-state index in [1.807, 2.05) is 6.07 Å². The van der Waals surface area contributed by atoms with Crippen LogP contribution in [-0.4, -0.2) is 60.3 Å². The van der Waals surface area contributed by atoms with Crippen LogP contribution in [0.3, 0.4) is 0 Å². The smallest absolute Gasteiger partial charge is 0.123 e. The lowest BCUT2D eigenvalue weighted by Gasteiger charge is -2.35. The van der Waals surface area contributed by atoms with Gasteiger partial charge in [-0.15, -0.1) is 0 Å². The number of hydrogen-bond donors (Lipinski definition) is 1. The van der Waals surface area contributed by atoms with Gasteiger partial charge in [-0.3, -0.25) is 9.80 Å². The van der Waals surface area contributed by atoms with Crippen molar-refractivity contribution in [3.8, 4) is 5.75 Å². The zero-order chi connectivity index (χ0) is 18.4. The summed E-state index contributed by atoms with van der Waals surface area (Å²) in [5.41, 5.74) is 0.995. The predicted octanol–water partition coefficient (Wildman–Crippen LogP) is 3.04. The minimum absolute atomic E-state index is 0.190. The molecular weight excluding hydrogens is 355 g/mol. The van der Waals surface area contributed by atoms with Crippen LogP contribution in [0.2, 0.25) is 5.02 Å². The maximum Gasteiger partial charge on any atom is 0.123 e. The number of aliphatic hydroxyl groups excluding tert-OH is 1. The van der Waals surface area contributed by atoms with Crippen molar-refractivity contribution >= 4 is 11.6 Å². The average molecular weight is 379 g/mol. The van der Waals surface area contributed by atoms with E-state index in [-0.39, 0.29) is 12.4 Å². The van der Waals surface area contributed by atoms with Gasteiger partial charge in [-0.05, 0) is 42.0 Å². The van der Waals surface area contributed by atoms with Crippen LogP contribution in [0.15, 0.2) is 48.5 Å². The SMILES string of the molecule is O[C@@H](COc1ccc(Cl)cc1)CN1CCN(Cc2cccc(F)c2)CC1. The summed E-state index contributed by atoms with van der Waals surface area (Å²) < 4.78 is 18.9. The van der Waals surface area contributed by atoms with Crippen LogP contribution in [0, 0.1) is 5.82 Å². The highest BCUT2D eigenvalue weighted by molar-refractivity contribution is 6.30. The highest BCUT2D eigenvalue weighted by Gasteiger charge is 2.19. The zero-order valence-corrected chi connectivity index (χ0v) is 15.4. The molecule has 2 aromatic rings. The molecule has 0 aromatic heterocycles. The van der Waals surface area contributed by atoms with Crippen molar-refractivity contribution in [2.24, 2.45) is 0 Å². The molecule has 140 valence electrons. The number of aliphatic hydroxyl groups is 1. The van der Waals surface area contributed by atoms with E-state index < -0.39 is 6.10 Å². The molecule has 0 bridgehead atoms. The molecular formula is C20H24ClFN2O2. The molecule has 4 nitrogen and oxygen atoms in total. The summed E-state index contributed by atoms with van der Waals surface area (Å²) >= 11 is 5.84. The van der Waals surface area contributed by atoms with E-state index in [0.29, 0.717) is 17.3 Å². The number of halogens is 2. The lowest BCUT2D eigenvalue weighted by molar-refractivity contribution is 0.0446. The van der Waals surface area contributed by atoms with Crippen molar-refractivity contribution in [1.82, 2.24) is 9.80 Å². The average Bonchev–Trinajstić information content (AvgIpc) is 2.63. The van der Waals surface area contributed by atoms with Crippen molar-refractivity contribution in [3.05, 3.63) is 64.9 Å². The molecule has 1 heterocycles. The Labute approximate surface area is 158 Å². The third-order valence-electron chi connectivity index (χ3n) is 4.49. The van der Waals surface area contributed by atoms with Gasteiger partial charge in [0.15, 0.2) is 0 Å². The standard InChI is InChI=1S/C20H24ClFN2O2/c21-17-4-6-20(7-5-17)26-15-19(25)14-24-10-8-23(9-11-24)13-16-2-1-3-18(22)12-16/h1-7,12,19,25H,8-11,13-15H2/t19-/m1/s1. The fourth-order valence-corrected chi connectivity index (χ4v) is 3.22. The van der Waals surface area contributed by atoms with Gasteiger partial charge in [-0.25, -0.2) is 4.39 Å². The normalized spacial score (nSPS) is 17.2. The molecule has 1 fully saturated rings. The Morgan fingerprint density at radius 3 is 2.42 bits per heavy atom. The van der Waals surface area contributed by atoms with E-state index in [2.05, 4.69) is 9.80 Å². The molecule has 1 saturated heterocycles. The van der Waals surface area contributed by atoms with E-state index >= 15 is 0 Å². The number of ether oxygens (including phenoxy) is 1. The summed E-state index contributed by atoms with van der Waals surface area (Å²) in [6, 6.07) is 13.9. The molecule has 6 heteroatoms. The first-order chi connectivity index (χ1) is 12.6. The topological polar surface area (TPSA) is 35.9 Å². The maximum atomic E-state index is 13.3. The number of rotatable bonds is 7. The number of piperazine rings is 1. The van der Waals surface area contributed by atoms with E-state index in [1.54, 1.807) is 36.4 Å². The minimum Gasteiger partial charge on any atom is -0.491 e. The summed E-state index contributed by atoms with van der Waals surface area (Å²) in [4.78, 5) is 4.54. The second-order valence-electron chi connectivity index (χ2n) is 6.63. The molecule has 2 aromatic carbocycles. The summed E-state index contributed by atoms with van der Waals surface area (Å²) in [6.07, 6.45) is -0.541. The molecule has 26 heavy (non-hydrogen) atoms. The summed E-state index contributed by atoms with van der Waals surface area (Å²) in [6.45, 7) is 5.17. The first kappa shape index (κ1) is 19.1. The largest absolute Gasteiger partial charge is 0.491 e. The molecule has 0 unspecified atom stereocenters. The number of hydrogen-bond acceptors (Lipinski definition) is 4. The van der Waals surface area contributed by atoms with Gasteiger partial charge in [0.25, 0.3) is 0 Å². The molecule has 0 saturated carbocycles. The van der Waals surface area contributed by atoms with Crippen molar-refractivity contribution in [2.75, 3.05) is 39.3 Å². The van der Waals surface area contributed by atoms with Crippen molar-refractivity contribution < 1.29 is 14.2 Å². The van der Waals surface area contributed by atoms with Crippen molar-refractivity contribution in [3.63, 3.8) is 0 Å². The Kier molecular flexibility index (Phi) is 6.86. The Hall–Kier alpha value is -1.66. The molecule has 0 radical (unpaired) electrons. The first-order valence-electron chi connectivity index (χ1n) is 8.84. The molecule has 1 atom stereocenters. The van der Waals surface area contributed by atoms with Gasteiger partial charge in [0.05, 0.1) is 0 Å². The fraction of sp³-hybridized carbons (Fsp3) is 0.400. The van der Waals surface area contributed by atoms with Crippen molar-refractivity contribution in [1.29, 1.82) is 0 Å². The number of β-amino-alcohol motifs (C(OH)–C–C–N with tert-alkyl or cyclic N) is 1. The lowest BCUT2D eigenvalue weighted by atomic mass is 10.2. The van der Waals surface area contributed by atoms with E-state index in [9.17, 15) is 9.50 Å². The van der Waals surface area contributed by atoms with E-state index in [1.165, 1.54) is 6.07 Å². The first-order valence-corrected chi connectivity index (χ1v) is 9.22. The van der Waals surface area contributed by atoms with Crippen LogP contribution in [0.25, 0.3) is 0 Å². The van der Waals surface area contributed by atoms with Crippen LogP contribution < -0.4 is 4.74 Å². The molecule has 0 amide bonds. The second-order valence-corrected chi connectivity index (χ2v) is 7.06. The van der Waals surface area contributed by atoms with Gasteiger partial charge in [0.2, 0.25) is 0 Å². The van der Waals surface area contributed by atoms with Gasteiger partial charge in [-0.1, -0.05) is 23.7 Å². The van der Waals surface area contributed by atoms with Crippen LogP contribution in [0.5, 0.6) is 5.75 Å². The predicted molar refractivity (Wildman–Crippen MR) is 101 cm³/mol. The van der Waals surface area contributed by atoms with Crippen LogP contribution in [0.1, 0.15) is 5.56 Å². The summed E-state index contributed by atoms with van der Waals surface area (Å²) in [5.74, 6) is 0.512. The third-order valence-corrected chi connectivity index (χ3v) is 4.74. The van der Waals surface area contributed by atoms with Gasteiger partial charge >= 0.3 is 0 Å². The fourth-order valence-electron chi connectivity index (χ4n) is 3.10. The Morgan fingerprint density at radius 2 is 1.73 bits per heavy atom. The van der Waals surface area contributed by atoms with Crippen LogP contribution >= 0.6 is 11.6 Å². The van der Waals surface area contributed by atoms with E-state index in [0.717, 1.165) is 38.3 Å². The number of nitrogens with zero attached hydrogens (tertiary/aromatic N) is 2. The highest BCUT2D eigenvalue weighted by Crippen LogP contribution is 2.16. The molecule has 0 aliphatic carbocycles. The molecule has 3 rings (SSSR count). The Bertz CT molecular complexity index is 690. The Balaban J connectivity index is 1.37. The van der Waals surface area contributed by atoms with Gasteiger partial charge in [0, 0.05) is 44.3 Å². The van der Waals surface area contributed by atoms with Gasteiger partial charge < -0.3 is 9.84 Å². The third kappa shape index (κ3) is 5.95. The minimum atomic E-state index is -0.541. The zero-order valence-electron chi connectivity index (χ0n) is 14.7.